The Labute approximate surface area is 182 Å². The van der Waals surface area contributed by atoms with Crippen LogP contribution < -0.4 is 10.3 Å². The summed E-state index contributed by atoms with van der Waals surface area (Å²) in [6, 6.07) is 8.08. The van der Waals surface area contributed by atoms with Gasteiger partial charge in [-0.1, -0.05) is 13.3 Å². The topological polar surface area (TPSA) is 64.1 Å². The average Bonchev–Trinajstić information content (AvgIpc) is 3.45. The fourth-order valence-corrected chi connectivity index (χ4v) is 4.58. The third-order valence-electron chi connectivity index (χ3n) is 6.21. The minimum atomic E-state index is 0.0203. The third-order valence-corrected chi connectivity index (χ3v) is 6.21. The van der Waals surface area contributed by atoms with Crippen LogP contribution in [0, 0.1) is 0 Å². The second kappa shape index (κ2) is 8.67. The molecule has 5 rings (SSSR count). The van der Waals surface area contributed by atoms with Gasteiger partial charge in [0, 0.05) is 31.9 Å². The lowest BCUT2D eigenvalue weighted by Gasteiger charge is -2.26. The summed E-state index contributed by atoms with van der Waals surface area (Å²) >= 11 is 0. The van der Waals surface area contributed by atoms with Gasteiger partial charge in [-0.25, -0.2) is 9.98 Å². The van der Waals surface area contributed by atoms with Crippen LogP contribution in [0.1, 0.15) is 43.7 Å². The summed E-state index contributed by atoms with van der Waals surface area (Å²) in [5.41, 5.74) is 2.70. The van der Waals surface area contributed by atoms with E-state index in [1.54, 1.807) is 10.8 Å². The molecule has 2 aliphatic rings. The molecule has 3 aromatic rings. The summed E-state index contributed by atoms with van der Waals surface area (Å²) in [6.07, 6.45) is 8.99. The number of rotatable bonds is 7. The van der Waals surface area contributed by atoms with E-state index in [4.69, 9.17) is 9.73 Å². The molecule has 0 amide bonds. The van der Waals surface area contributed by atoms with Gasteiger partial charge in [0.1, 0.15) is 18.2 Å². The van der Waals surface area contributed by atoms with Crippen molar-refractivity contribution in [1.29, 1.82) is 0 Å². The first-order valence-corrected chi connectivity index (χ1v) is 11.4. The first-order valence-electron chi connectivity index (χ1n) is 11.4. The normalized spacial score (nSPS) is 16.5. The first kappa shape index (κ1) is 20.0. The van der Waals surface area contributed by atoms with E-state index in [1.165, 1.54) is 32.4 Å². The number of hydrogen-bond donors (Lipinski definition) is 0. The van der Waals surface area contributed by atoms with Gasteiger partial charge in [0.05, 0.1) is 11.3 Å². The van der Waals surface area contributed by atoms with Gasteiger partial charge in [-0.15, -0.1) is 0 Å². The number of imidazole rings is 1. The smallest absolute Gasteiger partial charge is 0.260 e. The van der Waals surface area contributed by atoms with Crippen LogP contribution >= 0.6 is 0 Å². The van der Waals surface area contributed by atoms with Crippen LogP contribution in [-0.2, 0) is 13.0 Å². The van der Waals surface area contributed by atoms with E-state index in [-0.39, 0.29) is 5.56 Å². The number of benzene rings is 1. The molecule has 162 valence electrons. The van der Waals surface area contributed by atoms with Gasteiger partial charge < -0.3 is 4.74 Å². The van der Waals surface area contributed by atoms with Crippen molar-refractivity contribution in [1.82, 2.24) is 18.9 Å². The van der Waals surface area contributed by atoms with Gasteiger partial charge in [0.15, 0.2) is 0 Å². The van der Waals surface area contributed by atoms with Crippen molar-refractivity contribution in [2.75, 3.05) is 26.2 Å². The highest BCUT2D eigenvalue weighted by Crippen LogP contribution is 2.28. The molecule has 7 heteroatoms. The van der Waals surface area contributed by atoms with E-state index in [2.05, 4.69) is 16.8 Å². The zero-order valence-electron chi connectivity index (χ0n) is 18.1. The molecule has 1 aromatic carbocycles. The molecule has 0 unspecified atom stereocenters. The van der Waals surface area contributed by atoms with Crippen molar-refractivity contribution >= 4 is 17.3 Å². The van der Waals surface area contributed by atoms with Crippen LogP contribution in [-0.4, -0.2) is 50.8 Å². The number of piperidine rings is 1. The molecule has 0 spiro atoms. The maximum atomic E-state index is 13.1. The fourth-order valence-electron chi connectivity index (χ4n) is 4.58. The summed E-state index contributed by atoms with van der Waals surface area (Å²) in [4.78, 5) is 24.7. The number of likely N-dealkylation sites (tertiary alicyclic amines) is 1. The first-order chi connectivity index (χ1) is 15.2. The predicted octanol–water partition coefficient (Wildman–Crippen LogP) is 3.45. The van der Waals surface area contributed by atoms with Gasteiger partial charge in [0.2, 0.25) is 5.78 Å². The molecule has 0 atom stereocenters. The Morgan fingerprint density at radius 3 is 2.65 bits per heavy atom. The largest absolute Gasteiger partial charge is 0.492 e. The Bertz CT molecular complexity index is 1150. The molecule has 1 saturated heterocycles. The molecule has 4 heterocycles. The minimum absolute atomic E-state index is 0.0203. The number of aromatic nitrogens is 3. The van der Waals surface area contributed by atoms with Crippen LogP contribution in [0.5, 0.6) is 5.75 Å². The van der Waals surface area contributed by atoms with Crippen LogP contribution in [0.15, 0.2) is 46.4 Å². The van der Waals surface area contributed by atoms with E-state index < -0.39 is 0 Å². The number of hydrogen-bond acceptors (Lipinski definition) is 5. The third kappa shape index (κ3) is 3.90. The zero-order valence-corrected chi connectivity index (χ0v) is 18.1. The van der Waals surface area contributed by atoms with Crippen LogP contribution in [0.3, 0.4) is 0 Å². The van der Waals surface area contributed by atoms with E-state index in [9.17, 15) is 4.79 Å². The second-order valence-electron chi connectivity index (χ2n) is 8.37. The number of aliphatic imine (C=N–C) groups is 1. The van der Waals surface area contributed by atoms with Gasteiger partial charge >= 0.3 is 0 Å². The molecule has 0 saturated carbocycles. The van der Waals surface area contributed by atoms with Crippen molar-refractivity contribution in [2.24, 2.45) is 4.99 Å². The lowest BCUT2D eigenvalue weighted by molar-refractivity contribution is 0.183. The molecule has 1 fully saturated rings. The SMILES string of the molecule is CCCn1c(=O)c2c(n3ccnc13)N=C(c1ccc(OCCN3CCCCC3)cc1)C2. The zero-order chi connectivity index (χ0) is 21.2. The monoisotopic (exact) mass is 419 g/mol. The van der Waals surface area contributed by atoms with Gasteiger partial charge in [-0.2, -0.15) is 0 Å². The van der Waals surface area contributed by atoms with Gasteiger partial charge in [-0.3, -0.25) is 18.7 Å². The van der Waals surface area contributed by atoms with Crippen LogP contribution in [0.2, 0.25) is 0 Å². The molecule has 0 radical (unpaired) electrons. The highest BCUT2D eigenvalue weighted by Gasteiger charge is 2.24. The van der Waals surface area contributed by atoms with E-state index >= 15 is 0 Å². The predicted molar refractivity (Wildman–Crippen MR) is 122 cm³/mol. The number of aryl methyl sites for hydroxylation is 1. The van der Waals surface area contributed by atoms with Crippen molar-refractivity contribution in [3.05, 3.63) is 58.1 Å². The summed E-state index contributed by atoms with van der Waals surface area (Å²) in [5.74, 6) is 2.24. The molecule has 0 aliphatic carbocycles. The standard InChI is InChI=1S/C24H29N5O2/c1-2-11-29-23(30)20-17-21(26-22(20)28-14-10-25-24(28)29)18-6-8-19(9-7-18)31-16-15-27-12-4-3-5-13-27/h6-10,14H,2-5,11-13,15-17H2,1H3. The van der Waals surface area contributed by atoms with Gasteiger partial charge in [-0.05, 0) is 62.2 Å². The Kier molecular flexibility index (Phi) is 5.59. The average molecular weight is 420 g/mol. The van der Waals surface area contributed by atoms with Gasteiger partial charge in [0.25, 0.3) is 5.56 Å². The highest BCUT2D eigenvalue weighted by molar-refractivity contribution is 6.06. The molecule has 2 aliphatic heterocycles. The Hall–Kier alpha value is -2.93. The number of nitrogens with zero attached hydrogens (tertiary/aromatic N) is 5. The maximum Gasteiger partial charge on any atom is 0.260 e. The molecule has 2 aromatic heterocycles. The number of fused-ring (bicyclic) bond motifs is 3. The Morgan fingerprint density at radius 2 is 1.87 bits per heavy atom. The summed E-state index contributed by atoms with van der Waals surface area (Å²) < 4.78 is 9.64. The van der Waals surface area contributed by atoms with Crippen molar-refractivity contribution < 1.29 is 4.74 Å². The van der Waals surface area contributed by atoms with Crippen molar-refractivity contribution in [3.8, 4) is 5.75 Å². The molecule has 0 bridgehead atoms. The Morgan fingerprint density at radius 1 is 1.06 bits per heavy atom. The van der Waals surface area contributed by atoms with E-state index in [0.717, 1.165) is 35.6 Å². The molecule has 7 nitrogen and oxygen atoms in total. The molecular formula is C24H29N5O2. The summed E-state index contributed by atoms with van der Waals surface area (Å²) in [7, 11) is 0. The maximum absolute atomic E-state index is 13.1. The number of ether oxygens (including phenoxy) is 1. The van der Waals surface area contributed by atoms with Crippen molar-refractivity contribution in [3.63, 3.8) is 0 Å². The van der Waals surface area contributed by atoms with Crippen LogP contribution in [0.25, 0.3) is 5.78 Å². The minimum Gasteiger partial charge on any atom is -0.492 e. The molecule has 31 heavy (non-hydrogen) atoms. The van der Waals surface area contributed by atoms with E-state index in [1.807, 2.05) is 34.9 Å². The van der Waals surface area contributed by atoms with E-state index in [0.29, 0.717) is 31.2 Å². The lowest BCUT2D eigenvalue weighted by Crippen LogP contribution is -2.33. The fraction of sp³-hybridized carbons (Fsp3) is 0.458. The highest BCUT2D eigenvalue weighted by atomic mass is 16.5. The van der Waals surface area contributed by atoms with Crippen molar-refractivity contribution in [2.45, 2.75) is 45.6 Å². The summed E-state index contributed by atoms with van der Waals surface area (Å²) in [6.45, 7) is 6.79. The summed E-state index contributed by atoms with van der Waals surface area (Å²) in [5, 5.41) is 0. The Balaban J connectivity index is 1.31. The lowest BCUT2D eigenvalue weighted by atomic mass is 10.1. The van der Waals surface area contributed by atoms with Crippen LogP contribution in [0.4, 0.5) is 5.82 Å². The quantitative estimate of drug-likeness (QED) is 0.588. The molecular weight excluding hydrogens is 390 g/mol. The molecule has 0 N–H and O–H groups in total. The second-order valence-corrected chi connectivity index (χ2v) is 8.37.